The van der Waals surface area contributed by atoms with Gasteiger partial charge in [-0.05, 0) is 119 Å². The molecular weight excluding hydrogens is 448 g/mol. The summed E-state index contributed by atoms with van der Waals surface area (Å²) in [6, 6.07) is 0. The van der Waals surface area contributed by atoms with Gasteiger partial charge in [-0.3, -0.25) is 0 Å². The summed E-state index contributed by atoms with van der Waals surface area (Å²) in [5.74, 6) is 2.68. The summed E-state index contributed by atoms with van der Waals surface area (Å²) in [6.07, 6.45) is 17.8. The Morgan fingerprint density at radius 1 is 1.03 bits per heavy atom. The van der Waals surface area contributed by atoms with Crippen molar-refractivity contribution in [3.63, 3.8) is 0 Å². The summed E-state index contributed by atoms with van der Waals surface area (Å²) < 4.78 is 12.2. The van der Waals surface area contributed by atoms with Gasteiger partial charge in [-0.2, -0.15) is 0 Å². The van der Waals surface area contributed by atoms with Crippen molar-refractivity contribution < 1.29 is 19.7 Å². The summed E-state index contributed by atoms with van der Waals surface area (Å²) in [7, 11) is 0. The molecule has 4 aliphatic carbocycles. The maximum Gasteiger partial charge on any atom is 0.0849 e. The molecule has 36 heavy (non-hydrogen) atoms. The maximum absolute atomic E-state index is 10.4. The minimum Gasteiger partial charge on any atom is -0.390 e. The van der Waals surface area contributed by atoms with Gasteiger partial charge in [-0.1, -0.05) is 44.1 Å². The number of fused-ring (bicyclic) bond motifs is 5. The number of hydrogen-bond acceptors (Lipinski definition) is 4. The van der Waals surface area contributed by atoms with Gasteiger partial charge >= 0.3 is 0 Å². The molecule has 4 heteroatoms. The highest BCUT2D eigenvalue weighted by Gasteiger charge is 2.57. The minimum atomic E-state index is -1.01. The molecule has 0 bridgehead atoms. The largest absolute Gasteiger partial charge is 0.390 e. The van der Waals surface area contributed by atoms with E-state index in [0.29, 0.717) is 53.1 Å². The van der Waals surface area contributed by atoms with Crippen LogP contribution in [0.4, 0.5) is 0 Å². The molecule has 204 valence electrons. The zero-order chi connectivity index (χ0) is 25.7. The predicted molar refractivity (Wildman–Crippen MR) is 145 cm³/mol. The third kappa shape index (κ3) is 4.90. The Morgan fingerprint density at radius 2 is 1.83 bits per heavy atom. The number of rotatable bonds is 7. The highest BCUT2D eigenvalue weighted by atomic mass is 16.5. The van der Waals surface area contributed by atoms with Crippen LogP contribution in [-0.2, 0) is 9.47 Å². The van der Waals surface area contributed by atoms with E-state index in [-0.39, 0.29) is 0 Å². The van der Waals surface area contributed by atoms with Crippen molar-refractivity contribution in [2.24, 2.45) is 34.5 Å². The first kappa shape index (κ1) is 26.9. The summed E-state index contributed by atoms with van der Waals surface area (Å²) >= 11 is 0. The van der Waals surface area contributed by atoms with E-state index in [2.05, 4.69) is 32.9 Å². The number of allylic oxidation sites excluding steroid dienone is 3. The second kappa shape index (κ2) is 10.1. The fourth-order valence-corrected chi connectivity index (χ4v) is 9.13. The molecule has 5 rings (SSSR count). The molecule has 3 saturated carbocycles. The van der Waals surface area contributed by atoms with Gasteiger partial charge in [-0.25, -0.2) is 0 Å². The van der Waals surface area contributed by atoms with Gasteiger partial charge in [0.05, 0.1) is 30.5 Å². The normalized spacial score (nSPS) is 42.5. The molecule has 9 atom stereocenters. The smallest absolute Gasteiger partial charge is 0.0849 e. The predicted octanol–water partition coefficient (Wildman–Crippen LogP) is 6.60. The zero-order valence-corrected chi connectivity index (χ0v) is 23.6. The van der Waals surface area contributed by atoms with Crippen LogP contribution < -0.4 is 0 Å². The average molecular weight is 501 g/mol. The van der Waals surface area contributed by atoms with Crippen LogP contribution in [0.25, 0.3) is 0 Å². The first-order valence-corrected chi connectivity index (χ1v) is 15.1. The minimum absolute atomic E-state index is 0.292. The lowest BCUT2D eigenvalue weighted by Gasteiger charge is -2.55. The first-order valence-electron chi connectivity index (χ1n) is 15.1. The van der Waals surface area contributed by atoms with Gasteiger partial charge in [0.1, 0.15) is 0 Å². The van der Waals surface area contributed by atoms with Crippen molar-refractivity contribution in [2.75, 3.05) is 13.2 Å². The van der Waals surface area contributed by atoms with E-state index in [4.69, 9.17) is 9.47 Å². The van der Waals surface area contributed by atoms with E-state index < -0.39 is 11.7 Å². The molecule has 0 aromatic heterocycles. The third-order valence-electron chi connectivity index (χ3n) is 11.5. The lowest BCUT2D eigenvalue weighted by molar-refractivity contribution is -0.0961. The maximum atomic E-state index is 10.4. The monoisotopic (exact) mass is 500 g/mol. The summed E-state index contributed by atoms with van der Waals surface area (Å²) in [4.78, 5) is 0. The Morgan fingerprint density at radius 3 is 2.56 bits per heavy atom. The quantitative estimate of drug-likeness (QED) is 0.414. The van der Waals surface area contributed by atoms with Crippen molar-refractivity contribution in [2.45, 2.75) is 129 Å². The Kier molecular flexibility index (Phi) is 7.57. The van der Waals surface area contributed by atoms with Gasteiger partial charge in [-0.15, -0.1) is 0 Å². The Bertz CT molecular complexity index is 849. The van der Waals surface area contributed by atoms with Crippen LogP contribution in [0.3, 0.4) is 0 Å². The molecule has 2 unspecified atom stereocenters. The van der Waals surface area contributed by atoms with E-state index in [9.17, 15) is 10.2 Å². The molecule has 0 spiro atoms. The van der Waals surface area contributed by atoms with Crippen LogP contribution in [-0.4, -0.2) is 47.3 Å². The van der Waals surface area contributed by atoms with Crippen LogP contribution in [0, 0.1) is 34.5 Å². The van der Waals surface area contributed by atoms with Crippen LogP contribution in [0.5, 0.6) is 0 Å². The van der Waals surface area contributed by atoms with Crippen molar-refractivity contribution >= 4 is 0 Å². The molecule has 2 N–H and O–H groups in total. The molecular formula is C32H52O4. The van der Waals surface area contributed by atoms with E-state index in [0.717, 1.165) is 38.9 Å². The molecule has 1 heterocycles. The number of ether oxygens (including phenoxy) is 2. The molecule has 0 radical (unpaired) electrons. The molecule has 1 saturated heterocycles. The van der Waals surface area contributed by atoms with E-state index in [1.54, 1.807) is 25.0 Å². The fraction of sp³-hybridized carbons (Fsp3) is 0.875. The Labute approximate surface area is 219 Å². The average Bonchev–Trinajstić information content (AvgIpc) is 3.20. The van der Waals surface area contributed by atoms with Crippen LogP contribution >= 0.6 is 0 Å². The lowest BCUT2D eigenvalue weighted by atomic mass is 9.50. The van der Waals surface area contributed by atoms with Gasteiger partial charge in [0.2, 0.25) is 0 Å². The van der Waals surface area contributed by atoms with Gasteiger partial charge in [0.25, 0.3) is 0 Å². The summed E-state index contributed by atoms with van der Waals surface area (Å²) in [6.45, 7) is 12.6. The molecule has 4 fully saturated rings. The number of aliphatic hydroxyl groups is 2. The molecule has 0 amide bonds. The highest BCUT2D eigenvalue weighted by Crippen LogP contribution is 2.66. The molecule has 4 nitrogen and oxygen atoms in total. The third-order valence-corrected chi connectivity index (χ3v) is 11.5. The zero-order valence-electron chi connectivity index (χ0n) is 23.6. The van der Waals surface area contributed by atoms with Crippen molar-refractivity contribution in [1.29, 1.82) is 0 Å². The first-order chi connectivity index (χ1) is 17.0. The van der Waals surface area contributed by atoms with Gasteiger partial charge < -0.3 is 19.7 Å². The van der Waals surface area contributed by atoms with Crippen molar-refractivity contribution in [3.8, 4) is 0 Å². The van der Waals surface area contributed by atoms with Crippen molar-refractivity contribution in [1.82, 2.24) is 0 Å². The van der Waals surface area contributed by atoms with Crippen LogP contribution in [0.2, 0.25) is 0 Å². The fourth-order valence-electron chi connectivity index (χ4n) is 9.13. The van der Waals surface area contributed by atoms with Gasteiger partial charge in [0.15, 0.2) is 0 Å². The molecule has 5 aliphatic rings. The Hall–Kier alpha value is -0.680. The SMILES string of the molecule is C[C@H](CC[C@@H](O)C(C)(C)O)[C@H]1CC[C@H]2C3=CC=C4CC(OC5CCCOC5)CC[C@]4(C)[C@H]3CC[C@]12C. The standard InChI is InChI=1S/C32H52O4/c1-21(8-13-29(33)30(2,3)34)26-11-12-27-25-10-9-22-19-23(36-24-7-6-18-35-20-24)14-16-31(22,4)28(25)15-17-32(26,27)5/h9-10,21,23-24,26-29,33-34H,6-8,11-20H2,1-5H3/t21-,23?,24?,26-,27+,28+,29-,31+,32-/m1/s1. The lowest BCUT2D eigenvalue weighted by Crippen LogP contribution is -2.47. The van der Waals surface area contributed by atoms with E-state index in [1.807, 2.05) is 0 Å². The topological polar surface area (TPSA) is 58.9 Å². The van der Waals surface area contributed by atoms with Crippen LogP contribution in [0.15, 0.2) is 23.3 Å². The highest BCUT2D eigenvalue weighted by molar-refractivity contribution is 5.39. The number of hydrogen-bond donors (Lipinski definition) is 2. The summed E-state index contributed by atoms with van der Waals surface area (Å²) in [5.41, 5.74) is 3.04. The van der Waals surface area contributed by atoms with Gasteiger partial charge in [0, 0.05) is 6.61 Å². The molecule has 1 aliphatic heterocycles. The summed E-state index contributed by atoms with van der Waals surface area (Å²) in [5, 5.41) is 20.6. The molecule has 0 aromatic carbocycles. The van der Waals surface area contributed by atoms with E-state index in [1.165, 1.54) is 38.5 Å². The Balaban J connectivity index is 1.27. The second-order valence-corrected chi connectivity index (χ2v) is 14.2. The van der Waals surface area contributed by atoms with Crippen molar-refractivity contribution in [3.05, 3.63) is 23.3 Å². The van der Waals surface area contributed by atoms with Crippen LogP contribution in [0.1, 0.15) is 105 Å². The number of aliphatic hydroxyl groups excluding tert-OH is 1. The van der Waals surface area contributed by atoms with E-state index >= 15 is 0 Å². The second-order valence-electron chi connectivity index (χ2n) is 14.2. The molecule has 0 aromatic rings.